The van der Waals surface area contributed by atoms with Gasteiger partial charge in [-0.3, -0.25) is 14.1 Å². The fraction of sp³-hybridized carbons (Fsp3) is 0.250. The summed E-state index contributed by atoms with van der Waals surface area (Å²) in [7, 11) is -2.49. The predicted molar refractivity (Wildman–Crippen MR) is 126 cm³/mol. The summed E-state index contributed by atoms with van der Waals surface area (Å²) >= 11 is 0. The van der Waals surface area contributed by atoms with E-state index in [4.69, 9.17) is 4.74 Å². The van der Waals surface area contributed by atoms with Crippen molar-refractivity contribution in [3.05, 3.63) is 78.1 Å². The van der Waals surface area contributed by atoms with Gasteiger partial charge in [-0.25, -0.2) is 8.42 Å². The second kappa shape index (κ2) is 10.3. The molecule has 32 heavy (non-hydrogen) atoms. The first-order valence-corrected chi connectivity index (χ1v) is 11.8. The van der Waals surface area contributed by atoms with Crippen molar-refractivity contribution < 1.29 is 17.9 Å². The van der Waals surface area contributed by atoms with Crippen LogP contribution in [-0.4, -0.2) is 33.0 Å². The van der Waals surface area contributed by atoms with Crippen LogP contribution in [0.4, 0.5) is 11.4 Å². The van der Waals surface area contributed by atoms with E-state index in [0.29, 0.717) is 11.4 Å². The Morgan fingerprint density at radius 3 is 2.19 bits per heavy atom. The molecule has 1 amide bonds. The number of rotatable bonds is 9. The number of carbonyl (C=O) groups excluding carboxylic acids is 1. The summed E-state index contributed by atoms with van der Waals surface area (Å²) in [6, 6.07) is 15.4. The average Bonchev–Trinajstić information content (AvgIpc) is 2.83. The molecule has 0 atom stereocenters. The van der Waals surface area contributed by atoms with Gasteiger partial charge in [0.1, 0.15) is 17.2 Å². The maximum Gasteiger partial charge on any atom is 0.266 e. The summed E-state index contributed by atoms with van der Waals surface area (Å²) in [6.45, 7) is 3.65. The molecule has 0 unspecified atom stereocenters. The van der Waals surface area contributed by atoms with Crippen LogP contribution in [0.1, 0.15) is 25.0 Å². The number of ether oxygens (including phenoxy) is 1. The Morgan fingerprint density at radius 1 is 1.00 bits per heavy atom. The minimum atomic E-state index is -4.02. The van der Waals surface area contributed by atoms with Crippen molar-refractivity contribution in [1.82, 2.24) is 4.98 Å². The summed E-state index contributed by atoms with van der Waals surface area (Å²) in [5.74, 6) is 0.158. The average molecular weight is 454 g/mol. The number of amides is 1. The van der Waals surface area contributed by atoms with Gasteiger partial charge in [0.2, 0.25) is 5.91 Å². The Balaban J connectivity index is 1.97. The zero-order valence-electron chi connectivity index (χ0n) is 18.4. The van der Waals surface area contributed by atoms with Gasteiger partial charge in [-0.2, -0.15) is 0 Å². The first kappa shape index (κ1) is 23.3. The van der Waals surface area contributed by atoms with Crippen molar-refractivity contribution in [2.45, 2.75) is 31.6 Å². The number of methoxy groups -OCH3 is 1. The molecule has 7 nitrogen and oxygen atoms in total. The number of pyridine rings is 1. The number of hydrogen-bond donors (Lipinski definition) is 1. The molecule has 3 aromatic rings. The molecule has 0 spiro atoms. The topological polar surface area (TPSA) is 88.6 Å². The normalized spacial score (nSPS) is 11.1. The quantitative estimate of drug-likeness (QED) is 0.528. The van der Waals surface area contributed by atoms with Crippen LogP contribution < -0.4 is 14.4 Å². The van der Waals surface area contributed by atoms with Crippen LogP contribution in [0.3, 0.4) is 0 Å². The van der Waals surface area contributed by atoms with E-state index in [-0.39, 0.29) is 11.4 Å². The molecule has 0 saturated carbocycles. The molecule has 1 aromatic heterocycles. The smallest absolute Gasteiger partial charge is 0.266 e. The van der Waals surface area contributed by atoms with E-state index >= 15 is 0 Å². The van der Waals surface area contributed by atoms with Crippen molar-refractivity contribution in [1.29, 1.82) is 0 Å². The standard InChI is InChI=1S/C24H27N3O4S/c1-4-18-8-6-9-19(5-2)24(18)26-23(28)17-27(20-11-13-21(31-3)14-12-20)32(29,30)22-10-7-15-25-16-22/h6-16H,4-5,17H2,1-3H3,(H,26,28). The largest absolute Gasteiger partial charge is 0.497 e. The van der Waals surface area contributed by atoms with Crippen molar-refractivity contribution >= 4 is 27.3 Å². The molecule has 168 valence electrons. The highest BCUT2D eigenvalue weighted by Crippen LogP contribution is 2.27. The molecular formula is C24H27N3O4S. The molecule has 0 aliphatic carbocycles. The van der Waals surface area contributed by atoms with Crippen molar-refractivity contribution in [2.75, 3.05) is 23.3 Å². The number of hydrogen-bond acceptors (Lipinski definition) is 5. The molecule has 0 radical (unpaired) electrons. The Kier molecular flexibility index (Phi) is 7.48. The number of nitrogens with one attached hydrogen (secondary N) is 1. The molecule has 2 aromatic carbocycles. The van der Waals surface area contributed by atoms with E-state index in [0.717, 1.165) is 34.0 Å². The number of aromatic nitrogens is 1. The predicted octanol–water partition coefficient (Wildman–Crippen LogP) is 4.05. The lowest BCUT2D eigenvalue weighted by Crippen LogP contribution is -2.38. The van der Waals surface area contributed by atoms with E-state index < -0.39 is 15.9 Å². The molecule has 0 fully saturated rings. The van der Waals surface area contributed by atoms with Crippen LogP contribution in [0.2, 0.25) is 0 Å². The molecule has 0 bridgehead atoms. The maximum atomic E-state index is 13.4. The van der Waals surface area contributed by atoms with E-state index in [1.54, 1.807) is 30.3 Å². The number of anilines is 2. The highest BCUT2D eigenvalue weighted by molar-refractivity contribution is 7.92. The highest BCUT2D eigenvalue weighted by atomic mass is 32.2. The third-order valence-electron chi connectivity index (χ3n) is 5.13. The van der Waals surface area contributed by atoms with Crippen LogP contribution in [-0.2, 0) is 27.7 Å². The Bertz CT molecular complexity index is 1140. The summed E-state index contributed by atoms with van der Waals surface area (Å²) in [6.07, 6.45) is 4.27. The van der Waals surface area contributed by atoms with Gasteiger partial charge >= 0.3 is 0 Å². The lowest BCUT2D eigenvalue weighted by atomic mass is 10.0. The van der Waals surface area contributed by atoms with Crippen molar-refractivity contribution in [3.8, 4) is 5.75 Å². The first-order chi connectivity index (χ1) is 15.4. The Morgan fingerprint density at radius 2 is 1.66 bits per heavy atom. The number of nitrogens with zero attached hydrogens (tertiary/aromatic N) is 2. The fourth-order valence-electron chi connectivity index (χ4n) is 3.40. The van der Waals surface area contributed by atoms with Gasteiger partial charge in [0.15, 0.2) is 0 Å². The van der Waals surface area contributed by atoms with Gasteiger partial charge < -0.3 is 10.1 Å². The van der Waals surface area contributed by atoms with Crippen molar-refractivity contribution in [2.24, 2.45) is 0 Å². The molecule has 8 heteroatoms. The zero-order chi connectivity index (χ0) is 23.1. The summed E-state index contributed by atoms with van der Waals surface area (Å²) in [5.41, 5.74) is 3.10. The highest BCUT2D eigenvalue weighted by Gasteiger charge is 2.28. The summed E-state index contributed by atoms with van der Waals surface area (Å²) in [4.78, 5) is 17.0. The second-order valence-corrected chi connectivity index (χ2v) is 8.97. The number of benzene rings is 2. The molecule has 1 heterocycles. The minimum Gasteiger partial charge on any atom is -0.497 e. The number of para-hydroxylation sites is 1. The minimum absolute atomic E-state index is 0.00632. The lowest BCUT2D eigenvalue weighted by Gasteiger charge is -2.24. The molecule has 0 aliphatic rings. The number of sulfonamides is 1. The molecular weight excluding hydrogens is 426 g/mol. The summed E-state index contributed by atoms with van der Waals surface area (Å²) in [5, 5.41) is 2.94. The number of aryl methyl sites for hydroxylation is 2. The second-order valence-electron chi connectivity index (χ2n) is 7.10. The lowest BCUT2D eigenvalue weighted by molar-refractivity contribution is -0.114. The van der Waals surface area contributed by atoms with Gasteiger partial charge in [0.25, 0.3) is 10.0 Å². The van der Waals surface area contributed by atoms with Gasteiger partial charge in [0.05, 0.1) is 12.8 Å². The Hall–Kier alpha value is -3.39. The SMILES string of the molecule is CCc1cccc(CC)c1NC(=O)CN(c1ccc(OC)cc1)S(=O)(=O)c1cccnc1. The van der Waals surface area contributed by atoms with E-state index in [1.807, 2.05) is 32.0 Å². The van der Waals surface area contributed by atoms with Crippen LogP contribution in [0.25, 0.3) is 0 Å². The number of carbonyl (C=O) groups is 1. The van der Waals surface area contributed by atoms with Gasteiger partial charge in [-0.1, -0.05) is 32.0 Å². The van der Waals surface area contributed by atoms with Crippen LogP contribution in [0.5, 0.6) is 5.75 Å². The molecule has 0 aliphatic heterocycles. The van der Waals surface area contributed by atoms with E-state index in [1.165, 1.54) is 25.6 Å². The van der Waals surface area contributed by atoms with Crippen LogP contribution in [0, 0.1) is 0 Å². The van der Waals surface area contributed by atoms with Crippen LogP contribution >= 0.6 is 0 Å². The zero-order valence-corrected chi connectivity index (χ0v) is 19.2. The van der Waals surface area contributed by atoms with Gasteiger partial charge in [0, 0.05) is 18.1 Å². The fourth-order valence-corrected chi connectivity index (χ4v) is 4.79. The van der Waals surface area contributed by atoms with E-state index in [9.17, 15) is 13.2 Å². The molecule has 3 rings (SSSR count). The molecule has 1 N–H and O–H groups in total. The first-order valence-electron chi connectivity index (χ1n) is 10.4. The third kappa shape index (κ3) is 5.08. The third-order valence-corrected chi connectivity index (χ3v) is 6.89. The summed E-state index contributed by atoms with van der Waals surface area (Å²) < 4.78 is 33.0. The molecule has 0 saturated heterocycles. The van der Waals surface area contributed by atoms with Crippen molar-refractivity contribution in [3.63, 3.8) is 0 Å². The Labute approximate surface area is 189 Å². The van der Waals surface area contributed by atoms with E-state index in [2.05, 4.69) is 10.3 Å². The monoisotopic (exact) mass is 453 g/mol. The van der Waals surface area contributed by atoms with Gasteiger partial charge in [-0.15, -0.1) is 0 Å². The maximum absolute atomic E-state index is 13.4. The van der Waals surface area contributed by atoms with Gasteiger partial charge in [-0.05, 0) is 60.4 Å². The van der Waals surface area contributed by atoms with Crippen LogP contribution in [0.15, 0.2) is 71.9 Å².